The van der Waals surface area contributed by atoms with Gasteiger partial charge in [0.25, 0.3) is 5.56 Å². The molecule has 22 heavy (non-hydrogen) atoms. The van der Waals surface area contributed by atoms with Gasteiger partial charge in [-0.15, -0.1) is 0 Å². The van der Waals surface area contributed by atoms with Crippen molar-refractivity contribution < 1.29 is 0 Å². The largest absolute Gasteiger partial charge is 0.372 e. The second-order valence-electron chi connectivity index (χ2n) is 4.56. The number of hydrogen-bond acceptors (Lipinski definition) is 5. The minimum Gasteiger partial charge on any atom is -0.372 e. The summed E-state index contributed by atoms with van der Waals surface area (Å²) in [6.07, 6.45) is 3.19. The van der Waals surface area contributed by atoms with Gasteiger partial charge in [0.1, 0.15) is 4.47 Å². The fraction of sp³-hybridized carbons (Fsp3) is 0.267. The quantitative estimate of drug-likeness (QED) is 0.611. The highest BCUT2D eigenvalue weighted by molar-refractivity contribution is 9.10. The Morgan fingerprint density at radius 3 is 2.64 bits per heavy atom. The molecule has 0 aliphatic heterocycles. The van der Waals surface area contributed by atoms with Crippen molar-refractivity contribution in [2.75, 3.05) is 23.4 Å². The van der Waals surface area contributed by atoms with Crippen LogP contribution in [0.5, 0.6) is 0 Å². The standard InChI is InChI=1S/C15H18BrN5O/c1-3-21(4-2)12-7-5-11(6-8-12)9-17-19-13-10-18-20-15(22)14(13)16/h5-10H,3-4H2,1-2H3,(H2,19,20,22). The smallest absolute Gasteiger partial charge is 0.280 e. The second kappa shape index (κ2) is 7.74. The zero-order valence-corrected chi connectivity index (χ0v) is 14.1. The van der Waals surface area contributed by atoms with Crippen LogP contribution >= 0.6 is 15.9 Å². The maximum Gasteiger partial charge on any atom is 0.280 e. The van der Waals surface area contributed by atoms with Crippen molar-refractivity contribution in [1.29, 1.82) is 0 Å². The molecule has 6 nitrogen and oxygen atoms in total. The molecule has 7 heteroatoms. The minimum absolute atomic E-state index is 0.302. The molecule has 2 aromatic rings. The van der Waals surface area contributed by atoms with Gasteiger partial charge in [-0.2, -0.15) is 10.2 Å². The predicted molar refractivity (Wildman–Crippen MR) is 93.8 cm³/mol. The van der Waals surface area contributed by atoms with Crippen molar-refractivity contribution in [1.82, 2.24) is 10.2 Å². The molecule has 0 amide bonds. The fourth-order valence-electron chi connectivity index (χ4n) is 2.00. The highest BCUT2D eigenvalue weighted by atomic mass is 79.9. The van der Waals surface area contributed by atoms with Gasteiger partial charge in [0.2, 0.25) is 0 Å². The molecular weight excluding hydrogens is 346 g/mol. The van der Waals surface area contributed by atoms with Crippen LogP contribution in [0.1, 0.15) is 19.4 Å². The van der Waals surface area contributed by atoms with E-state index in [4.69, 9.17) is 0 Å². The number of aromatic amines is 1. The van der Waals surface area contributed by atoms with Crippen molar-refractivity contribution in [3.8, 4) is 0 Å². The Bertz CT molecular complexity index is 692. The van der Waals surface area contributed by atoms with E-state index in [-0.39, 0.29) is 5.56 Å². The first-order valence-corrected chi connectivity index (χ1v) is 7.82. The van der Waals surface area contributed by atoms with E-state index in [2.05, 4.69) is 67.5 Å². The third-order valence-corrected chi connectivity index (χ3v) is 4.00. The number of halogens is 1. The summed E-state index contributed by atoms with van der Waals surface area (Å²) in [5.74, 6) is 0. The summed E-state index contributed by atoms with van der Waals surface area (Å²) in [6, 6.07) is 8.14. The van der Waals surface area contributed by atoms with Crippen molar-refractivity contribution in [3.05, 3.63) is 50.9 Å². The number of nitrogens with zero attached hydrogens (tertiary/aromatic N) is 3. The first-order chi connectivity index (χ1) is 10.7. The number of anilines is 2. The molecule has 0 unspecified atom stereocenters. The predicted octanol–water partition coefficient (Wildman–Crippen LogP) is 2.82. The molecule has 2 N–H and O–H groups in total. The van der Waals surface area contributed by atoms with Crippen LogP contribution in [0.15, 0.2) is 44.8 Å². The fourth-order valence-corrected chi connectivity index (χ4v) is 2.28. The summed E-state index contributed by atoms with van der Waals surface area (Å²) in [5, 5.41) is 10.2. The lowest BCUT2D eigenvalue weighted by Gasteiger charge is -2.20. The van der Waals surface area contributed by atoms with Gasteiger partial charge >= 0.3 is 0 Å². The lowest BCUT2D eigenvalue weighted by atomic mass is 10.2. The van der Waals surface area contributed by atoms with E-state index >= 15 is 0 Å². The molecular formula is C15H18BrN5O. The highest BCUT2D eigenvalue weighted by Crippen LogP contribution is 2.16. The molecule has 0 saturated heterocycles. The molecule has 0 spiro atoms. The van der Waals surface area contributed by atoms with E-state index in [1.165, 1.54) is 11.9 Å². The van der Waals surface area contributed by atoms with Crippen molar-refractivity contribution >= 4 is 33.5 Å². The summed E-state index contributed by atoms with van der Waals surface area (Å²) in [6.45, 7) is 6.23. The molecule has 0 atom stereocenters. The summed E-state index contributed by atoms with van der Waals surface area (Å²) < 4.78 is 0.372. The number of hydrogen-bond donors (Lipinski definition) is 2. The molecule has 116 valence electrons. The number of rotatable bonds is 6. The Kier molecular flexibility index (Phi) is 5.71. The summed E-state index contributed by atoms with van der Waals surface area (Å²) in [5.41, 5.74) is 5.16. The van der Waals surface area contributed by atoms with E-state index < -0.39 is 0 Å². The van der Waals surface area contributed by atoms with E-state index in [0.717, 1.165) is 18.7 Å². The SMILES string of the molecule is CCN(CC)c1ccc(C=NNc2cn[nH]c(=O)c2Br)cc1. The zero-order chi connectivity index (χ0) is 15.9. The van der Waals surface area contributed by atoms with Gasteiger partial charge in [-0.3, -0.25) is 10.2 Å². The Morgan fingerprint density at radius 1 is 1.32 bits per heavy atom. The van der Waals surface area contributed by atoms with Gasteiger partial charge in [-0.25, -0.2) is 5.10 Å². The summed E-state index contributed by atoms with van der Waals surface area (Å²) >= 11 is 3.18. The topological polar surface area (TPSA) is 73.4 Å². The first kappa shape index (κ1) is 16.2. The Balaban J connectivity index is 2.04. The van der Waals surface area contributed by atoms with Crippen LogP contribution in [0.3, 0.4) is 0 Å². The van der Waals surface area contributed by atoms with Crippen LogP contribution in [0.25, 0.3) is 0 Å². The van der Waals surface area contributed by atoms with E-state index in [1.54, 1.807) is 6.21 Å². The Labute approximate surface area is 137 Å². The maximum atomic E-state index is 11.4. The third-order valence-electron chi connectivity index (χ3n) is 3.22. The summed E-state index contributed by atoms with van der Waals surface area (Å²) in [7, 11) is 0. The third kappa shape index (κ3) is 3.94. The van der Waals surface area contributed by atoms with Crippen LogP contribution in [0.2, 0.25) is 0 Å². The number of nitrogens with one attached hydrogen (secondary N) is 2. The zero-order valence-electron chi connectivity index (χ0n) is 12.5. The van der Waals surface area contributed by atoms with Crippen LogP contribution in [-0.4, -0.2) is 29.5 Å². The van der Waals surface area contributed by atoms with Gasteiger partial charge in [-0.1, -0.05) is 12.1 Å². The van der Waals surface area contributed by atoms with Crippen LogP contribution in [0.4, 0.5) is 11.4 Å². The molecule has 1 aromatic heterocycles. The van der Waals surface area contributed by atoms with Crippen molar-refractivity contribution in [3.63, 3.8) is 0 Å². The average molecular weight is 364 g/mol. The van der Waals surface area contributed by atoms with Gasteiger partial charge in [-0.05, 0) is 47.5 Å². The molecule has 2 rings (SSSR count). The van der Waals surface area contributed by atoms with E-state index in [1.807, 2.05) is 12.1 Å². The molecule has 0 radical (unpaired) electrons. The Morgan fingerprint density at radius 2 is 2.00 bits per heavy atom. The molecule has 0 aliphatic rings. The number of benzene rings is 1. The van der Waals surface area contributed by atoms with Crippen LogP contribution < -0.4 is 15.9 Å². The minimum atomic E-state index is -0.302. The molecule has 1 heterocycles. The first-order valence-electron chi connectivity index (χ1n) is 7.03. The van der Waals surface area contributed by atoms with Gasteiger partial charge < -0.3 is 4.90 Å². The normalized spacial score (nSPS) is 10.9. The molecule has 0 fully saturated rings. The van der Waals surface area contributed by atoms with Crippen LogP contribution in [0, 0.1) is 0 Å². The molecule has 0 aliphatic carbocycles. The highest BCUT2D eigenvalue weighted by Gasteiger charge is 2.03. The number of H-pyrrole nitrogens is 1. The second-order valence-corrected chi connectivity index (χ2v) is 5.35. The van der Waals surface area contributed by atoms with Crippen molar-refractivity contribution in [2.24, 2.45) is 5.10 Å². The van der Waals surface area contributed by atoms with Gasteiger partial charge in [0, 0.05) is 18.8 Å². The lowest BCUT2D eigenvalue weighted by Crippen LogP contribution is -2.21. The van der Waals surface area contributed by atoms with Gasteiger partial charge in [0.05, 0.1) is 18.1 Å². The molecule has 1 aromatic carbocycles. The monoisotopic (exact) mass is 363 g/mol. The maximum absolute atomic E-state index is 11.4. The lowest BCUT2D eigenvalue weighted by molar-refractivity contribution is 0.866. The van der Waals surface area contributed by atoms with Gasteiger partial charge in [0.15, 0.2) is 0 Å². The number of aromatic nitrogens is 2. The molecule has 0 bridgehead atoms. The molecule has 0 saturated carbocycles. The number of hydrazone groups is 1. The van der Waals surface area contributed by atoms with E-state index in [9.17, 15) is 4.79 Å². The summed E-state index contributed by atoms with van der Waals surface area (Å²) in [4.78, 5) is 13.6. The van der Waals surface area contributed by atoms with Crippen LogP contribution in [-0.2, 0) is 0 Å². The van der Waals surface area contributed by atoms with E-state index in [0.29, 0.717) is 10.2 Å². The van der Waals surface area contributed by atoms with Crippen molar-refractivity contribution in [2.45, 2.75) is 13.8 Å². The average Bonchev–Trinajstić information content (AvgIpc) is 2.54. The Hall–Kier alpha value is -2.15.